The van der Waals surface area contributed by atoms with Gasteiger partial charge in [0.05, 0.1) is 0 Å². The quantitative estimate of drug-likeness (QED) is 0.816. The number of hydrogen-bond acceptors (Lipinski definition) is 2. The van der Waals surface area contributed by atoms with Crippen LogP contribution in [0, 0.1) is 0 Å². The molecule has 0 heterocycles. The standard InChI is InChI=1S/C14H16F3NO2/c1-11(19)18-9-3-2-4-12-5-7-13(8-6-12)20-10-14(15,16)17/h2,4-8H,3,9-10H2,1H3,(H,18,19). The summed E-state index contributed by atoms with van der Waals surface area (Å²) in [6.07, 6.45) is 0.0606. The molecule has 0 aliphatic carbocycles. The zero-order valence-electron chi connectivity index (χ0n) is 11.0. The van der Waals surface area contributed by atoms with Crippen molar-refractivity contribution in [2.24, 2.45) is 0 Å². The summed E-state index contributed by atoms with van der Waals surface area (Å²) in [6, 6.07) is 6.31. The normalized spacial score (nSPS) is 11.6. The minimum absolute atomic E-state index is 0.0791. The van der Waals surface area contributed by atoms with Crippen LogP contribution in [0.25, 0.3) is 6.08 Å². The van der Waals surface area contributed by atoms with Crippen LogP contribution >= 0.6 is 0 Å². The van der Waals surface area contributed by atoms with Crippen molar-refractivity contribution in [3.8, 4) is 5.75 Å². The highest BCUT2D eigenvalue weighted by atomic mass is 19.4. The van der Waals surface area contributed by atoms with Gasteiger partial charge in [0.1, 0.15) is 5.75 Å². The van der Waals surface area contributed by atoms with Crippen molar-refractivity contribution in [1.82, 2.24) is 5.32 Å². The van der Waals surface area contributed by atoms with Crippen LogP contribution in [0.1, 0.15) is 18.9 Å². The maximum Gasteiger partial charge on any atom is 0.422 e. The van der Waals surface area contributed by atoms with E-state index in [1.165, 1.54) is 19.1 Å². The van der Waals surface area contributed by atoms with Crippen molar-refractivity contribution >= 4 is 12.0 Å². The fourth-order valence-electron chi connectivity index (χ4n) is 1.39. The maximum atomic E-state index is 12.0. The molecule has 1 N–H and O–H groups in total. The van der Waals surface area contributed by atoms with Gasteiger partial charge in [0.2, 0.25) is 5.91 Å². The van der Waals surface area contributed by atoms with Gasteiger partial charge in [-0.25, -0.2) is 0 Å². The lowest BCUT2D eigenvalue weighted by Gasteiger charge is -2.08. The van der Waals surface area contributed by atoms with E-state index < -0.39 is 12.8 Å². The van der Waals surface area contributed by atoms with Crippen LogP contribution in [0.2, 0.25) is 0 Å². The molecule has 20 heavy (non-hydrogen) atoms. The Morgan fingerprint density at radius 1 is 1.30 bits per heavy atom. The van der Waals surface area contributed by atoms with Crippen molar-refractivity contribution in [2.75, 3.05) is 13.2 Å². The Morgan fingerprint density at radius 3 is 2.50 bits per heavy atom. The van der Waals surface area contributed by atoms with Crippen molar-refractivity contribution in [3.63, 3.8) is 0 Å². The molecule has 110 valence electrons. The third kappa shape index (κ3) is 7.45. The molecule has 1 aromatic carbocycles. The minimum atomic E-state index is -4.33. The molecule has 0 atom stereocenters. The number of benzene rings is 1. The van der Waals surface area contributed by atoms with E-state index >= 15 is 0 Å². The van der Waals surface area contributed by atoms with E-state index in [2.05, 4.69) is 10.1 Å². The summed E-state index contributed by atoms with van der Waals surface area (Å²) in [7, 11) is 0. The first-order valence-corrected chi connectivity index (χ1v) is 6.07. The lowest BCUT2D eigenvalue weighted by Crippen LogP contribution is -2.20. The molecule has 0 aromatic heterocycles. The SMILES string of the molecule is CC(=O)NCCC=Cc1ccc(OCC(F)(F)F)cc1. The van der Waals surface area contributed by atoms with Gasteiger partial charge in [0.15, 0.2) is 6.61 Å². The molecule has 1 amide bonds. The average molecular weight is 287 g/mol. The number of amides is 1. The number of rotatable bonds is 6. The van der Waals surface area contributed by atoms with Gasteiger partial charge >= 0.3 is 6.18 Å². The van der Waals surface area contributed by atoms with Crippen LogP contribution in [-0.4, -0.2) is 25.2 Å². The number of nitrogens with one attached hydrogen (secondary N) is 1. The number of hydrogen-bond donors (Lipinski definition) is 1. The zero-order chi connectivity index (χ0) is 15.0. The molecule has 3 nitrogen and oxygen atoms in total. The highest BCUT2D eigenvalue weighted by Gasteiger charge is 2.28. The second-order valence-electron chi connectivity index (χ2n) is 4.15. The van der Waals surface area contributed by atoms with Crippen LogP contribution in [-0.2, 0) is 4.79 Å². The molecular formula is C14H16F3NO2. The fraction of sp³-hybridized carbons (Fsp3) is 0.357. The third-order valence-corrected chi connectivity index (χ3v) is 2.28. The van der Waals surface area contributed by atoms with Crippen molar-refractivity contribution in [3.05, 3.63) is 35.9 Å². The van der Waals surface area contributed by atoms with Crippen LogP contribution < -0.4 is 10.1 Å². The molecule has 1 aromatic rings. The number of alkyl halides is 3. The maximum absolute atomic E-state index is 12.0. The fourth-order valence-corrected chi connectivity index (χ4v) is 1.39. The van der Waals surface area contributed by atoms with Crippen molar-refractivity contribution in [1.29, 1.82) is 0 Å². The molecule has 0 fully saturated rings. The van der Waals surface area contributed by atoms with Gasteiger partial charge in [-0.05, 0) is 24.1 Å². The van der Waals surface area contributed by atoms with E-state index in [-0.39, 0.29) is 11.7 Å². The molecule has 0 unspecified atom stereocenters. The van der Waals surface area contributed by atoms with Gasteiger partial charge in [-0.3, -0.25) is 4.79 Å². The van der Waals surface area contributed by atoms with Crippen molar-refractivity contribution < 1.29 is 22.7 Å². The molecule has 0 aliphatic rings. The monoisotopic (exact) mass is 287 g/mol. The lowest BCUT2D eigenvalue weighted by molar-refractivity contribution is -0.153. The van der Waals surface area contributed by atoms with E-state index in [1.54, 1.807) is 12.1 Å². The largest absolute Gasteiger partial charge is 0.484 e. The highest BCUT2D eigenvalue weighted by molar-refractivity contribution is 5.72. The van der Waals surface area contributed by atoms with E-state index in [4.69, 9.17) is 0 Å². The first kappa shape index (κ1) is 16.1. The Balaban J connectivity index is 2.38. The van der Waals surface area contributed by atoms with E-state index in [1.807, 2.05) is 12.2 Å². The van der Waals surface area contributed by atoms with Gasteiger partial charge in [-0.15, -0.1) is 0 Å². The Kier molecular flexibility index (Phi) is 6.09. The van der Waals surface area contributed by atoms with Gasteiger partial charge in [0, 0.05) is 13.5 Å². The molecule has 0 saturated heterocycles. The van der Waals surface area contributed by atoms with Crippen LogP contribution in [0.5, 0.6) is 5.75 Å². The number of halogens is 3. The lowest BCUT2D eigenvalue weighted by atomic mass is 10.2. The second-order valence-corrected chi connectivity index (χ2v) is 4.15. The first-order valence-electron chi connectivity index (χ1n) is 6.07. The van der Waals surface area contributed by atoms with E-state index in [0.717, 1.165) is 5.56 Å². The van der Waals surface area contributed by atoms with Crippen LogP contribution in [0.3, 0.4) is 0 Å². The summed E-state index contributed by atoms with van der Waals surface area (Å²) in [5.74, 6) is 0.0993. The van der Waals surface area contributed by atoms with Gasteiger partial charge in [0.25, 0.3) is 0 Å². The van der Waals surface area contributed by atoms with Gasteiger partial charge in [-0.1, -0.05) is 24.3 Å². The highest BCUT2D eigenvalue weighted by Crippen LogP contribution is 2.19. The van der Waals surface area contributed by atoms with Gasteiger partial charge in [-0.2, -0.15) is 13.2 Å². The summed E-state index contributed by atoms with van der Waals surface area (Å²) in [4.78, 5) is 10.6. The summed E-state index contributed by atoms with van der Waals surface area (Å²) < 4.78 is 40.4. The molecule has 1 rings (SSSR count). The molecule has 0 saturated carbocycles. The second kappa shape index (κ2) is 7.57. The Morgan fingerprint density at radius 2 is 1.95 bits per heavy atom. The molecule has 0 aliphatic heterocycles. The predicted octanol–water partition coefficient (Wildman–Crippen LogP) is 3.17. The topological polar surface area (TPSA) is 38.3 Å². The molecule has 0 spiro atoms. The third-order valence-electron chi connectivity index (χ3n) is 2.28. The minimum Gasteiger partial charge on any atom is -0.484 e. The Bertz CT molecular complexity index is 452. The average Bonchev–Trinajstić information content (AvgIpc) is 2.36. The first-order chi connectivity index (χ1) is 9.37. The Hall–Kier alpha value is -1.98. The number of carbonyl (C=O) groups excluding carboxylic acids is 1. The number of ether oxygens (including phenoxy) is 1. The van der Waals surface area contributed by atoms with Crippen molar-refractivity contribution in [2.45, 2.75) is 19.5 Å². The predicted molar refractivity (Wildman–Crippen MR) is 70.3 cm³/mol. The molecular weight excluding hydrogens is 271 g/mol. The summed E-state index contributed by atoms with van der Waals surface area (Å²) in [5, 5.41) is 2.66. The summed E-state index contributed by atoms with van der Waals surface area (Å²) in [5.41, 5.74) is 0.854. The molecule has 0 bridgehead atoms. The van der Waals surface area contributed by atoms with E-state index in [0.29, 0.717) is 13.0 Å². The summed E-state index contributed by atoms with van der Waals surface area (Å²) >= 11 is 0. The molecule has 0 radical (unpaired) electrons. The van der Waals surface area contributed by atoms with Crippen LogP contribution in [0.15, 0.2) is 30.3 Å². The Labute approximate surface area is 115 Å². The number of carbonyl (C=O) groups is 1. The van der Waals surface area contributed by atoms with E-state index in [9.17, 15) is 18.0 Å². The molecule has 6 heteroatoms. The summed E-state index contributed by atoms with van der Waals surface area (Å²) in [6.45, 7) is 0.709. The van der Waals surface area contributed by atoms with Gasteiger partial charge < -0.3 is 10.1 Å². The zero-order valence-corrected chi connectivity index (χ0v) is 11.0. The van der Waals surface area contributed by atoms with Crippen LogP contribution in [0.4, 0.5) is 13.2 Å². The smallest absolute Gasteiger partial charge is 0.422 e.